The van der Waals surface area contributed by atoms with Crippen LogP contribution in [-0.2, 0) is 9.53 Å². The molecule has 27 heavy (non-hydrogen) atoms. The molecule has 0 spiro atoms. The first-order chi connectivity index (χ1) is 13.2. The second kappa shape index (κ2) is 7.93. The highest BCUT2D eigenvalue weighted by Crippen LogP contribution is 2.40. The first kappa shape index (κ1) is 18.4. The van der Waals surface area contributed by atoms with Gasteiger partial charge in [0, 0.05) is 4.88 Å². The Bertz CT molecular complexity index is 839. The second-order valence-electron chi connectivity index (χ2n) is 6.60. The Labute approximate surface area is 165 Å². The van der Waals surface area contributed by atoms with E-state index in [9.17, 15) is 14.7 Å². The van der Waals surface area contributed by atoms with Crippen LogP contribution in [0.25, 0.3) is 0 Å². The fourth-order valence-electron chi connectivity index (χ4n) is 3.59. The van der Waals surface area contributed by atoms with Gasteiger partial charge in [0.05, 0.1) is 42.8 Å². The summed E-state index contributed by atoms with van der Waals surface area (Å²) in [5, 5.41) is 14.3. The van der Waals surface area contributed by atoms with Crippen LogP contribution in [0, 0.1) is 0 Å². The normalized spacial score (nSPS) is 21.3. The van der Waals surface area contributed by atoms with Crippen molar-refractivity contribution in [3.05, 3.63) is 56.1 Å². The third-order valence-electron chi connectivity index (χ3n) is 5.01. The number of rotatable bonds is 6. The van der Waals surface area contributed by atoms with E-state index in [0.29, 0.717) is 11.4 Å². The Balaban J connectivity index is 1.62. The zero-order chi connectivity index (χ0) is 18.8. The lowest BCUT2D eigenvalue weighted by molar-refractivity contribution is -0.907. The Morgan fingerprint density at radius 2 is 1.96 bits per heavy atom. The van der Waals surface area contributed by atoms with Crippen LogP contribution in [0.15, 0.2) is 46.4 Å². The number of hydrogen-bond donors (Lipinski definition) is 2. The third kappa shape index (κ3) is 3.58. The van der Waals surface area contributed by atoms with Crippen molar-refractivity contribution in [2.45, 2.75) is 6.04 Å². The molecule has 4 heterocycles. The maximum Gasteiger partial charge on any atom is 0.290 e. The highest BCUT2D eigenvalue weighted by atomic mass is 32.1. The SMILES string of the molecule is O=C(C1=C(O)C(=O)N(CC[NH+]2CCOCC2)[C@H]1c1cccs1)c1cccs1. The number of thiophene rings is 2. The van der Waals surface area contributed by atoms with Gasteiger partial charge in [0.2, 0.25) is 5.78 Å². The van der Waals surface area contributed by atoms with Crippen LogP contribution in [0.3, 0.4) is 0 Å². The number of hydrogen-bond acceptors (Lipinski definition) is 6. The highest BCUT2D eigenvalue weighted by Gasteiger charge is 2.44. The molecule has 2 aliphatic rings. The van der Waals surface area contributed by atoms with E-state index < -0.39 is 17.7 Å². The van der Waals surface area contributed by atoms with E-state index in [1.165, 1.54) is 27.6 Å². The van der Waals surface area contributed by atoms with Gasteiger partial charge in [-0.2, -0.15) is 0 Å². The van der Waals surface area contributed by atoms with Gasteiger partial charge in [-0.25, -0.2) is 0 Å². The molecule has 0 bridgehead atoms. The average Bonchev–Trinajstić information content (AvgIpc) is 3.43. The number of ether oxygens (including phenoxy) is 1. The number of carbonyl (C=O) groups is 2. The number of ketones is 1. The lowest BCUT2D eigenvalue weighted by Gasteiger charge is -2.29. The summed E-state index contributed by atoms with van der Waals surface area (Å²) in [7, 11) is 0. The molecule has 2 aliphatic heterocycles. The van der Waals surface area contributed by atoms with Crippen LogP contribution < -0.4 is 4.90 Å². The fourth-order valence-corrected chi connectivity index (χ4v) is 5.11. The largest absolute Gasteiger partial charge is 0.503 e. The predicted molar refractivity (Wildman–Crippen MR) is 103 cm³/mol. The molecule has 1 amide bonds. The number of nitrogens with zero attached hydrogens (tertiary/aromatic N) is 1. The number of aliphatic hydroxyl groups is 1. The summed E-state index contributed by atoms with van der Waals surface area (Å²) < 4.78 is 5.39. The minimum atomic E-state index is -0.521. The van der Waals surface area contributed by atoms with Crippen molar-refractivity contribution in [3.8, 4) is 0 Å². The molecule has 6 nitrogen and oxygen atoms in total. The lowest BCUT2D eigenvalue weighted by atomic mass is 10.0. The van der Waals surface area contributed by atoms with Gasteiger partial charge in [0.1, 0.15) is 13.1 Å². The van der Waals surface area contributed by atoms with E-state index in [1.807, 2.05) is 22.9 Å². The van der Waals surface area contributed by atoms with Crippen LogP contribution >= 0.6 is 22.7 Å². The topological polar surface area (TPSA) is 71.3 Å². The Kier molecular flexibility index (Phi) is 5.40. The smallest absolute Gasteiger partial charge is 0.290 e. The number of Topliss-reactive ketones (excluding diaryl/α,β-unsaturated/α-hetero) is 1. The molecule has 2 aromatic rings. The highest BCUT2D eigenvalue weighted by molar-refractivity contribution is 7.12. The van der Waals surface area contributed by atoms with Crippen molar-refractivity contribution in [2.24, 2.45) is 0 Å². The van der Waals surface area contributed by atoms with E-state index >= 15 is 0 Å². The summed E-state index contributed by atoms with van der Waals surface area (Å²) >= 11 is 2.81. The van der Waals surface area contributed by atoms with Gasteiger partial charge in [0.25, 0.3) is 5.91 Å². The molecule has 142 valence electrons. The van der Waals surface area contributed by atoms with Gasteiger partial charge >= 0.3 is 0 Å². The maximum absolute atomic E-state index is 13.0. The van der Waals surface area contributed by atoms with Crippen molar-refractivity contribution in [2.75, 3.05) is 39.4 Å². The van der Waals surface area contributed by atoms with Crippen LogP contribution in [0.4, 0.5) is 0 Å². The lowest BCUT2D eigenvalue weighted by Crippen LogP contribution is -3.14. The molecule has 1 saturated heterocycles. The summed E-state index contributed by atoms with van der Waals surface area (Å²) in [6.07, 6.45) is 0. The van der Waals surface area contributed by atoms with E-state index in [2.05, 4.69) is 0 Å². The minimum absolute atomic E-state index is 0.196. The van der Waals surface area contributed by atoms with Crippen molar-refractivity contribution in [1.29, 1.82) is 0 Å². The van der Waals surface area contributed by atoms with E-state index in [1.54, 1.807) is 17.0 Å². The minimum Gasteiger partial charge on any atom is -0.503 e. The molecule has 0 aromatic carbocycles. The van der Waals surface area contributed by atoms with Crippen molar-refractivity contribution < 1.29 is 24.3 Å². The average molecular weight is 406 g/mol. The number of amides is 1. The molecule has 1 atom stereocenters. The van der Waals surface area contributed by atoms with Gasteiger partial charge in [0.15, 0.2) is 5.76 Å². The fraction of sp³-hybridized carbons (Fsp3) is 0.368. The summed E-state index contributed by atoms with van der Waals surface area (Å²) in [6.45, 7) is 4.53. The van der Waals surface area contributed by atoms with Gasteiger partial charge in [-0.3, -0.25) is 9.59 Å². The summed E-state index contributed by atoms with van der Waals surface area (Å²) in [5.41, 5.74) is 0.196. The summed E-state index contributed by atoms with van der Waals surface area (Å²) in [6, 6.07) is 6.82. The number of morpholine rings is 1. The maximum atomic E-state index is 13.0. The van der Waals surface area contributed by atoms with E-state index in [4.69, 9.17) is 4.74 Å². The van der Waals surface area contributed by atoms with Crippen molar-refractivity contribution in [1.82, 2.24) is 4.90 Å². The first-order valence-electron chi connectivity index (χ1n) is 8.94. The molecule has 0 saturated carbocycles. The molecule has 8 heteroatoms. The monoisotopic (exact) mass is 405 g/mol. The standard InChI is InChI=1S/C19H20N2O4S2/c22-17(14-4-2-12-27-14)15-16(13-3-1-11-26-13)21(19(24)18(15)23)6-5-20-7-9-25-10-8-20/h1-4,11-12,16,23H,5-10H2/p+1/t16-/m0/s1. The van der Waals surface area contributed by atoms with Crippen LogP contribution in [0.1, 0.15) is 20.6 Å². The molecular formula is C19H21N2O4S2+. The van der Waals surface area contributed by atoms with Crippen LogP contribution in [0.5, 0.6) is 0 Å². The Morgan fingerprint density at radius 1 is 1.22 bits per heavy atom. The van der Waals surface area contributed by atoms with Crippen LogP contribution in [0.2, 0.25) is 0 Å². The molecule has 2 aromatic heterocycles. The van der Waals surface area contributed by atoms with E-state index in [0.717, 1.165) is 37.7 Å². The molecule has 0 radical (unpaired) electrons. The molecule has 0 unspecified atom stereocenters. The molecular weight excluding hydrogens is 384 g/mol. The van der Waals surface area contributed by atoms with Crippen molar-refractivity contribution in [3.63, 3.8) is 0 Å². The predicted octanol–water partition coefficient (Wildman–Crippen LogP) is 1.30. The quantitative estimate of drug-likeness (QED) is 0.711. The zero-order valence-electron chi connectivity index (χ0n) is 14.7. The Morgan fingerprint density at radius 3 is 2.63 bits per heavy atom. The summed E-state index contributed by atoms with van der Waals surface area (Å²) in [4.78, 5) is 30.3. The van der Waals surface area contributed by atoms with Crippen LogP contribution in [-0.4, -0.2) is 61.1 Å². The Hall–Kier alpha value is -2.00. The summed E-state index contributed by atoms with van der Waals surface area (Å²) in [5.74, 6) is -1.14. The molecule has 0 aliphatic carbocycles. The zero-order valence-corrected chi connectivity index (χ0v) is 16.4. The van der Waals surface area contributed by atoms with Gasteiger partial charge in [-0.1, -0.05) is 12.1 Å². The number of aliphatic hydroxyl groups excluding tert-OH is 1. The molecule has 4 rings (SSSR count). The van der Waals surface area contributed by atoms with Gasteiger partial charge in [-0.05, 0) is 22.9 Å². The number of nitrogens with one attached hydrogen (secondary N) is 1. The van der Waals surface area contributed by atoms with E-state index in [-0.39, 0.29) is 11.4 Å². The van der Waals surface area contributed by atoms with Gasteiger partial charge < -0.3 is 19.6 Å². The third-order valence-corrected chi connectivity index (χ3v) is 6.81. The number of quaternary nitrogens is 1. The van der Waals surface area contributed by atoms with Crippen molar-refractivity contribution >= 4 is 34.4 Å². The number of carbonyl (C=O) groups excluding carboxylic acids is 2. The molecule has 2 N–H and O–H groups in total. The second-order valence-corrected chi connectivity index (χ2v) is 8.52. The van der Waals surface area contributed by atoms with Gasteiger partial charge in [-0.15, -0.1) is 22.7 Å². The molecule has 1 fully saturated rings. The first-order valence-corrected chi connectivity index (χ1v) is 10.7.